The summed E-state index contributed by atoms with van der Waals surface area (Å²) in [5.74, 6) is 0. The van der Waals surface area contributed by atoms with Crippen molar-refractivity contribution in [2.75, 3.05) is 0 Å². The van der Waals surface area contributed by atoms with E-state index < -0.39 is 0 Å². The molecule has 0 amide bonds. The van der Waals surface area contributed by atoms with E-state index in [1.807, 2.05) is 109 Å². The Kier molecular flexibility index (Phi) is 9.00. The first-order valence-electron chi connectivity index (χ1n) is 11.5. The Morgan fingerprint density at radius 1 is 0.270 bits per heavy atom. The minimum Gasteiger partial charge on any atom is -0.255 e. The molecule has 6 aromatic heterocycles. The number of hydrogen-bond acceptors (Lipinski definition) is 6. The Morgan fingerprint density at radius 3 is 0.784 bits per heavy atom. The molecule has 0 N–H and O–H groups in total. The second-order valence-electron chi connectivity index (χ2n) is 7.68. The van der Waals surface area contributed by atoms with Crippen LogP contribution < -0.4 is 0 Å². The van der Waals surface area contributed by atoms with E-state index in [9.17, 15) is 0 Å². The molecule has 0 saturated heterocycles. The predicted octanol–water partition coefficient (Wildman–Crippen LogP) is 6.41. The van der Waals surface area contributed by atoms with Crippen LogP contribution in [-0.2, 0) is 19.5 Å². The molecule has 6 aromatic rings. The molecule has 0 aliphatic carbocycles. The molecule has 0 bridgehead atoms. The molecular weight excluding hydrogens is 547 g/mol. The van der Waals surface area contributed by atoms with E-state index >= 15 is 0 Å². The van der Waals surface area contributed by atoms with Crippen LogP contribution in [-0.4, -0.2) is 29.9 Å². The molecule has 0 saturated carbocycles. The van der Waals surface area contributed by atoms with Crippen LogP contribution in [0.3, 0.4) is 0 Å². The fraction of sp³-hybridized carbons (Fsp3) is 0. The third-order valence-electron chi connectivity index (χ3n) is 5.21. The van der Waals surface area contributed by atoms with E-state index in [1.54, 1.807) is 24.8 Å². The largest absolute Gasteiger partial charge is 0.255 e. The maximum absolute atomic E-state index is 4.70. The van der Waals surface area contributed by atoms with Crippen molar-refractivity contribution in [1.29, 1.82) is 0 Å². The molecule has 6 nitrogen and oxygen atoms in total. The van der Waals surface area contributed by atoms with Gasteiger partial charge in [0, 0.05) is 44.3 Å². The molecule has 1 radical (unpaired) electrons. The van der Waals surface area contributed by atoms with Gasteiger partial charge >= 0.3 is 0 Å². The van der Waals surface area contributed by atoms with Crippen molar-refractivity contribution in [2.45, 2.75) is 0 Å². The van der Waals surface area contributed by atoms with Crippen molar-refractivity contribution in [3.63, 3.8) is 0 Å². The van der Waals surface area contributed by atoms with Crippen molar-refractivity contribution in [3.8, 4) is 45.6 Å². The second-order valence-corrected chi connectivity index (χ2v) is 7.68. The number of aromatic nitrogens is 6. The van der Waals surface area contributed by atoms with Gasteiger partial charge in [0.15, 0.2) is 0 Å². The first-order chi connectivity index (χ1) is 17.9. The molecule has 0 spiro atoms. The van der Waals surface area contributed by atoms with E-state index in [-0.39, 0.29) is 19.5 Å². The first kappa shape index (κ1) is 25.6. The van der Waals surface area contributed by atoms with Crippen molar-refractivity contribution < 1.29 is 19.5 Å². The summed E-state index contributed by atoms with van der Waals surface area (Å²) < 4.78 is 0. The van der Waals surface area contributed by atoms with Gasteiger partial charge in [0.25, 0.3) is 0 Å². The van der Waals surface area contributed by atoms with Crippen molar-refractivity contribution in [3.05, 3.63) is 134 Å². The van der Waals surface area contributed by atoms with Crippen LogP contribution in [0.25, 0.3) is 45.6 Å². The third kappa shape index (κ3) is 6.81. The summed E-state index contributed by atoms with van der Waals surface area (Å²) in [6.07, 6.45) is 7.07. The van der Waals surface area contributed by atoms with Gasteiger partial charge in [-0.2, -0.15) is 0 Å². The molecule has 181 valence electrons. The topological polar surface area (TPSA) is 77.3 Å². The Balaban J connectivity index is 0.000000208. The molecule has 0 atom stereocenters. The molecular formula is C30H22N6Rh. The van der Waals surface area contributed by atoms with E-state index in [0.717, 1.165) is 45.6 Å². The Hall–Kier alpha value is -4.48. The van der Waals surface area contributed by atoms with Crippen LogP contribution in [0.2, 0.25) is 0 Å². The Bertz CT molecular complexity index is 1400. The number of nitrogens with zero attached hydrogens (tertiary/aromatic N) is 6. The fourth-order valence-corrected chi connectivity index (χ4v) is 3.50. The summed E-state index contributed by atoms with van der Waals surface area (Å²) in [6.45, 7) is 0. The smallest absolute Gasteiger partial charge is 0.0894 e. The molecule has 0 aliphatic heterocycles. The third-order valence-corrected chi connectivity index (χ3v) is 5.21. The van der Waals surface area contributed by atoms with E-state index in [1.165, 1.54) is 0 Å². The summed E-state index contributed by atoms with van der Waals surface area (Å²) in [7, 11) is 0. The number of pyridine rings is 6. The molecule has 6 rings (SSSR count). The zero-order valence-electron chi connectivity index (χ0n) is 19.7. The fourth-order valence-electron chi connectivity index (χ4n) is 3.50. The van der Waals surface area contributed by atoms with Crippen LogP contribution in [0.15, 0.2) is 134 Å². The van der Waals surface area contributed by atoms with Gasteiger partial charge in [-0.15, -0.1) is 0 Å². The maximum Gasteiger partial charge on any atom is 0.0894 e. The summed E-state index contributed by atoms with van der Waals surface area (Å²) in [6, 6.07) is 35.0. The summed E-state index contributed by atoms with van der Waals surface area (Å²) >= 11 is 0. The summed E-state index contributed by atoms with van der Waals surface area (Å²) in [5, 5.41) is 0. The average molecular weight is 569 g/mol. The monoisotopic (exact) mass is 569 g/mol. The van der Waals surface area contributed by atoms with Gasteiger partial charge in [-0.05, 0) is 72.8 Å². The average Bonchev–Trinajstić information content (AvgIpc) is 2.99. The molecule has 0 fully saturated rings. The van der Waals surface area contributed by atoms with E-state index in [0.29, 0.717) is 0 Å². The van der Waals surface area contributed by atoms with Gasteiger partial charge in [-0.25, -0.2) is 9.97 Å². The Labute approximate surface area is 228 Å². The van der Waals surface area contributed by atoms with Crippen LogP contribution in [0.4, 0.5) is 0 Å². The Morgan fingerprint density at radius 2 is 0.514 bits per heavy atom. The van der Waals surface area contributed by atoms with Crippen molar-refractivity contribution in [2.24, 2.45) is 0 Å². The van der Waals surface area contributed by atoms with Gasteiger partial charge in [0.2, 0.25) is 0 Å². The van der Waals surface area contributed by atoms with Gasteiger partial charge in [-0.3, -0.25) is 19.9 Å². The zero-order chi connectivity index (χ0) is 24.4. The maximum atomic E-state index is 4.70. The second kappa shape index (κ2) is 13.0. The van der Waals surface area contributed by atoms with E-state index in [2.05, 4.69) is 19.9 Å². The zero-order valence-corrected chi connectivity index (χ0v) is 21.4. The van der Waals surface area contributed by atoms with Crippen LogP contribution in [0.1, 0.15) is 0 Å². The van der Waals surface area contributed by atoms with Gasteiger partial charge < -0.3 is 0 Å². The van der Waals surface area contributed by atoms with Gasteiger partial charge in [0.05, 0.1) is 45.6 Å². The van der Waals surface area contributed by atoms with E-state index in [4.69, 9.17) is 9.97 Å². The molecule has 0 aliphatic rings. The molecule has 37 heavy (non-hydrogen) atoms. The number of rotatable bonds is 4. The van der Waals surface area contributed by atoms with Crippen LogP contribution in [0, 0.1) is 0 Å². The summed E-state index contributed by atoms with van der Waals surface area (Å²) in [5.41, 5.74) is 6.82. The van der Waals surface area contributed by atoms with Crippen molar-refractivity contribution >= 4 is 0 Å². The van der Waals surface area contributed by atoms with Crippen LogP contribution in [0.5, 0.6) is 0 Å². The molecule has 6 heterocycles. The predicted molar refractivity (Wildman–Crippen MR) is 141 cm³/mol. The molecule has 7 heteroatoms. The van der Waals surface area contributed by atoms with Crippen LogP contribution >= 0.6 is 0 Å². The van der Waals surface area contributed by atoms with Crippen molar-refractivity contribution in [1.82, 2.24) is 29.9 Å². The SMILES string of the molecule is [Rh].c1ccc(-c2cccc(-c3cccc(-c4ccccn4)n3)n2)nc1.c1ccc(-c2ccccn2)nc1. The first-order valence-corrected chi connectivity index (χ1v) is 11.5. The number of hydrogen-bond donors (Lipinski definition) is 0. The molecule has 0 unspecified atom stereocenters. The normalized spacial score (nSPS) is 9.95. The van der Waals surface area contributed by atoms with Gasteiger partial charge in [0.1, 0.15) is 0 Å². The summed E-state index contributed by atoms with van der Waals surface area (Å²) in [4.78, 5) is 26.5. The molecule has 0 aromatic carbocycles. The quantitative estimate of drug-likeness (QED) is 0.229. The van der Waals surface area contributed by atoms with Gasteiger partial charge in [-0.1, -0.05) is 36.4 Å². The minimum absolute atomic E-state index is 0. The minimum atomic E-state index is 0. The standard InChI is InChI=1S/C20H14N4.C10H8N2.Rh/c1-3-13-21-15(7-1)17-9-5-11-19(23-17)20-12-6-10-18(24-20)16-8-2-4-14-22-16;1-3-7-11-9(5-1)10-6-2-4-8-12-10;/h1-14H;1-8H;.